The predicted molar refractivity (Wildman–Crippen MR) is 59.2 cm³/mol. The second-order valence-corrected chi connectivity index (χ2v) is 3.09. The van der Waals surface area contributed by atoms with E-state index < -0.39 is 0 Å². The molecule has 15 heavy (non-hydrogen) atoms. The Hall–Kier alpha value is -1.42. The molecule has 0 radical (unpaired) electrons. The Bertz CT molecular complexity index is 276. The molecule has 1 aromatic carbocycles. The summed E-state index contributed by atoms with van der Waals surface area (Å²) in [5.74, 6) is 1.19. The van der Waals surface area contributed by atoms with Crippen LogP contribution in [0.1, 0.15) is 13.3 Å². The van der Waals surface area contributed by atoms with Crippen molar-refractivity contribution in [3.63, 3.8) is 0 Å². The zero-order valence-electron chi connectivity index (χ0n) is 8.90. The molecule has 0 saturated heterocycles. The van der Waals surface area contributed by atoms with Crippen molar-refractivity contribution in [3.8, 4) is 11.5 Å². The summed E-state index contributed by atoms with van der Waals surface area (Å²) in [6.45, 7) is 2.87. The second kappa shape index (κ2) is 6.14. The summed E-state index contributed by atoms with van der Waals surface area (Å²) in [7, 11) is 0. The van der Waals surface area contributed by atoms with Crippen LogP contribution >= 0.6 is 0 Å². The van der Waals surface area contributed by atoms with Gasteiger partial charge in [0.1, 0.15) is 23.8 Å². The maximum atomic E-state index is 8.63. The summed E-state index contributed by atoms with van der Waals surface area (Å²) in [5.41, 5.74) is 6.32. The molecule has 0 bridgehead atoms. The molecule has 3 N–H and O–H groups in total. The SMILES string of the molecule is CCCOc1cccc(OCCO)c1N. The summed E-state index contributed by atoms with van der Waals surface area (Å²) in [4.78, 5) is 0. The molecule has 0 atom stereocenters. The van der Waals surface area contributed by atoms with E-state index >= 15 is 0 Å². The van der Waals surface area contributed by atoms with Gasteiger partial charge < -0.3 is 20.3 Å². The Morgan fingerprint density at radius 3 is 2.33 bits per heavy atom. The maximum absolute atomic E-state index is 8.63. The molecule has 0 unspecified atom stereocenters. The molecule has 0 aromatic heterocycles. The van der Waals surface area contributed by atoms with Gasteiger partial charge >= 0.3 is 0 Å². The molecule has 0 aliphatic heterocycles. The van der Waals surface area contributed by atoms with E-state index in [9.17, 15) is 0 Å². The van der Waals surface area contributed by atoms with Crippen molar-refractivity contribution in [2.75, 3.05) is 25.6 Å². The van der Waals surface area contributed by atoms with Gasteiger partial charge in [-0.1, -0.05) is 13.0 Å². The molecular formula is C11H17NO3. The minimum atomic E-state index is -0.0283. The first-order chi connectivity index (χ1) is 7.29. The highest BCUT2D eigenvalue weighted by Gasteiger charge is 2.06. The molecule has 0 aliphatic rings. The van der Waals surface area contributed by atoms with Crippen molar-refractivity contribution in [2.45, 2.75) is 13.3 Å². The number of nitrogen functional groups attached to an aromatic ring is 1. The molecule has 0 aliphatic carbocycles. The normalized spacial score (nSPS) is 10.0. The van der Waals surface area contributed by atoms with E-state index in [4.69, 9.17) is 20.3 Å². The van der Waals surface area contributed by atoms with Crippen LogP contribution in [-0.4, -0.2) is 24.9 Å². The molecule has 0 amide bonds. The molecular weight excluding hydrogens is 194 g/mol. The smallest absolute Gasteiger partial charge is 0.146 e. The lowest BCUT2D eigenvalue weighted by atomic mass is 10.2. The van der Waals surface area contributed by atoms with Crippen LogP contribution in [0.25, 0.3) is 0 Å². The van der Waals surface area contributed by atoms with E-state index in [0.717, 1.165) is 6.42 Å². The summed E-state index contributed by atoms with van der Waals surface area (Å²) < 4.78 is 10.7. The van der Waals surface area contributed by atoms with Crippen molar-refractivity contribution in [1.82, 2.24) is 0 Å². The number of hydrogen-bond acceptors (Lipinski definition) is 4. The Morgan fingerprint density at radius 1 is 1.20 bits per heavy atom. The molecule has 0 saturated carbocycles. The number of benzene rings is 1. The third kappa shape index (κ3) is 3.32. The number of ether oxygens (including phenoxy) is 2. The van der Waals surface area contributed by atoms with Crippen molar-refractivity contribution in [1.29, 1.82) is 0 Å². The van der Waals surface area contributed by atoms with Crippen molar-refractivity contribution in [3.05, 3.63) is 18.2 Å². The standard InChI is InChI=1S/C11H17NO3/c1-2-7-14-9-4-3-5-10(11(9)12)15-8-6-13/h3-5,13H,2,6-8,12H2,1H3. The highest BCUT2D eigenvalue weighted by atomic mass is 16.5. The first kappa shape index (κ1) is 11.7. The fraction of sp³-hybridized carbons (Fsp3) is 0.455. The monoisotopic (exact) mass is 211 g/mol. The fourth-order valence-electron chi connectivity index (χ4n) is 1.14. The van der Waals surface area contributed by atoms with Crippen LogP contribution in [0.4, 0.5) is 5.69 Å². The molecule has 4 heteroatoms. The minimum absolute atomic E-state index is 0.0283. The van der Waals surface area contributed by atoms with Crippen LogP contribution in [-0.2, 0) is 0 Å². The number of aliphatic hydroxyl groups excluding tert-OH is 1. The molecule has 0 fully saturated rings. The van der Waals surface area contributed by atoms with Crippen LogP contribution in [0, 0.1) is 0 Å². The van der Waals surface area contributed by atoms with Crippen LogP contribution in [0.15, 0.2) is 18.2 Å². The Morgan fingerprint density at radius 2 is 1.80 bits per heavy atom. The van der Waals surface area contributed by atoms with E-state index in [0.29, 0.717) is 23.8 Å². The van der Waals surface area contributed by atoms with Crippen LogP contribution in [0.3, 0.4) is 0 Å². The quantitative estimate of drug-likeness (QED) is 0.699. The number of para-hydroxylation sites is 1. The fourth-order valence-corrected chi connectivity index (χ4v) is 1.14. The molecule has 84 valence electrons. The predicted octanol–water partition coefficient (Wildman–Crippen LogP) is 1.43. The highest BCUT2D eigenvalue weighted by molar-refractivity contribution is 5.62. The van der Waals surface area contributed by atoms with Gasteiger partial charge in [0.15, 0.2) is 0 Å². The topological polar surface area (TPSA) is 64.7 Å². The van der Waals surface area contributed by atoms with E-state index in [-0.39, 0.29) is 13.2 Å². The number of hydrogen-bond donors (Lipinski definition) is 2. The van der Waals surface area contributed by atoms with E-state index in [1.807, 2.05) is 13.0 Å². The number of nitrogens with two attached hydrogens (primary N) is 1. The summed E-state index contributed by atoms with van der Waals surface area (Å²) >= 11 is 0. The lowest BCUT2D eigenvalue weighted by molar-refractivity contribution is 0.201. The van der Waals surface area contributed by atoms with Crippen LogP contribution in [0.2, 0.25) is 0 Å². The highest BCUT2D eigenvalue weighted by Crippen LogP contribution is 2.31. The van der Waals surface area contributed by atoms with E-state index in [1.54, 1.807) is 12.1 Å². The Balaban J connectivity index is 2.71. The van der Waals surface area contributed by atoms with Gasteiger partial charge in [-0.05, 0) is 18.6 Å². The van der Waals surface area contributed by atoms with Gasteiger partial charge in [0.25, 0.3) is 0 Å². The third-order valence-corrected chi connectivity index (χ3v) is 1.84. The van der Waals surface area contributed by atoms with Gasteiger partial charge in [-0.15, -0.1) is 0 Å². The number of aliphatic hydroxyl groups is 1. The Kier molecular flexibility index (Phi) is 4.77. The lowest BCUT2D eigenvalue weighted by Crippen LogP contribution is -2.05. The zero-order chi connectivity index (χ0) is 11.1. The zero-order valence-corrected chi connectivity index (χ0v) is 8.90. The molecule has 0 spiro atoms. The first-order valence-electron chi connectivity index (χ1n) is 5.04. The molecule has 1 aromatic rings. The average molecular weight is 211 g/mol. The maximum Gasteiger partial charge on any atom is 0.146 e. The van der Waals surface area contributed by atoms with Crippen LogP contribution in [0.5, 0.6) is 11.5 Å². The first-order valence-corrected chi connectivity index (χ1v) is 5.04. The molecule has 0 heterocycles. The molecule has 1 rings (SSSR count). The van der Waals surface area contributed by atoms with Crippen LogP contribution < -0.4 is 15.2 Å². The summed E-state index contributed by atoms with van der Waals surface area (Å²) in [5, 5.41) is 8.63. The summed E-state index contributed by atoms with van der Waals surface area (Å²) in [6, 6.07) is 5.37. The molecule has 4 nitrogen and oxygen atoms in total. The number of anilines is 1. The van der Waals surface area contributed by atoms with Gasteiger partial charge in [0.2, 0.25) is 0 Å². The van der Waals surface area contributed by atoms with Crippen molar-refractivity contribution >= 4 is 5.69 Å². The largest absolute Gasteiger partial charge is 0.491 e. The van der Waals surface area contributed by atoms with Gasteiger partial charge in [-0.2, -0.15) is 0 Å². The second-order valence-electron chi connectivity index (χ2n) is 3.09. The Labute approximate surface area is 89.6 Å². The van der Waals surface area contributed by atoms with E-state index in [1.165, 1.54) is 0 Å². The minimum Gasteiger partial charge on any atom is -0.491 e. The van der Waals surface area contributed by atoms with Crippen molar-refractivity contribution in [2.24, 2.45) is 0 Å². The van der Waals surface area contributed by atoms with Gasteiger partial charge in [0, 0.05) is 0 Å². The van der Waals surface area contributed by atoms with Gasteiger partial charge in [-0.25, -0.2) is 0 Å². The lowest BCUT2D eigenvalue weighted by Gasteiger charge is -2.12. The summed E-state index contributed by atoms with van der Waals surface area (Å²) in [6.07, 6.45) is 0.932. The van der Waals surface area contributed by atoms with Crippen molar-refractivity contribution < 1.29 is 14.6 Å². The number of rotatable bonds is 6. The van der Waals surface area contributed by atoms with Gasteiger partial charge in [0.05, 0.1) is 13.2 Å². The third-order valence-electron chi connectivity index (χ3n) is 1.84. The average Bonchev–Trinajstić information content (AvgIpc) is 2.26. The van der Waals surface area contributed by atoms with Gasteiger partial charge in [-0.3, -0.25) is 0 Å². The van der Waals surface area contributed by atoms with E-state index in [2.05, 4.69) is 0 Å².